The number of thiazole rings is 1. The Morgan fingerprint density at radius 1 is 1.35 bits per heavy atom. The van der Waals surface area contributed by atoms with Crippen LogP contribution in [0.4, 0.5) is 0 Å². The first-order valence-corrected chi connectivity index (χ1v) is 9.73. The molecular weight excluding hydrogens is 352 g/mol. The van der Waals surface area contributed by atoms with Crippen LogP contribution in [0.1, 0.15) is 87.4 Å². The zero-order valence-electron chi connectivity index (χ0n) is 15.3. The van der Waals surface area contributed by atoms with Crippen LogP contribution in [0, 0.1) is 6.92 Å². The molecule has 2 N–H and O–H groups in total. The molecule has 0 aliphatic heterocycles. The minimum atomic E-state index is -0.989. The molecule has 1 saturated carbocycles. The molecular formula is C18H24N4O3S. The van der Waals surface area contributed by atoms with E-state index in [1.54, 1.807) is 17.8 Å². The monoisotopic (exact) mass is 376 g/mol. The third-order valence-electron chi connectivity index (χ3n) is 4.82. The zero-order valence-corrected chi connectivity index (χ0v) is 16.1. The van der Waals surface area contributed by atoms with Gasteiger partial charge in [-0.3, -0.25) is 9.48 Å². The highest BCUT2D eigenvalue weighted by molar-refractivity contribution is 7.13. The van der Waals surface area contributed by atoms with Gasteiger partial charge in [0.05, 0.1) is 23.0 Å². The Labute approximate surface area is 156 Å². The fourth-order valence-electron chi connectivity index (χ4n) is 3.50. The van der Waals surface area contributed by atoms with Crippen molar-refractivity contribution in [1.82, 2.24) is 20.1 Å². The van der Waals surface area contributed by atoms with Crippen molar-refractivity contribution in [2.24, 2.45) is 7.05 Å². The van der Waals surface area contributed by atoms with Crippen LogP contribution in [0.15, 0.2) is 6.20 Å². The number of aromatic carboxylic acids is 1. The van der Waals surface area contributed by atoms with E-state index in [4.69, 9.17) is 0 Å². The molecule has 1 fully saturated rings. The number of nitrogens with one attached hydrogen (secondary N) is 1. The van der Waals surface area contributed by atoms with E-state index in [9.17, 15) is 14.7 Å². The Hall–Kier alpha value is -2.22. The number of nitrogens with zero attached hydrogens (tertiary/aromatic N) is 3. The van der Waals surface area contributed by atoms with Gasteiger partial charge in [0.2, 0.25) is 0 Å². The predicted molar refractivity (Wildman–Crippen MR) is 98.7 cm³/mol. The number of rotatable bonds is 5. The summed E-state index contributed by atoms with van der Waals surface area (Å²) in [5.41, 5.74) is 1.96. The summed E-state index contributed by atoms with van der Waals surface area (Å²) in [6.07, 6.45) is 7.50. The normalized spacial score (nSPS) is 16.4. The lowest BCUT2D eigenvalue weighted by molar-refractivity contribution is 0.0701. The molecule has 0 aromatic carbocycles. The summed E-state index contributed by atoms with van der Waals surface area (Å²) < 4.78 is 1.69. The van der Waals surface area contributed by atoms with Gasteiger partial charge in [0.1, 0.15) is 9.88 Å². The van der Waals surface area contributed by atoms with Crippen LogP contribution in [0.2, 0.25) is 0 Å². The Morgan fingerprint density at radius 2 is 2.04 bits per heavy atom. The zero-order chi connectivity index (χ0) is 18.8. The van der Waals surface area contributed by atoms with E-state index in [2.05, 4.69) is 15.4 Å². The molecule has 1 atom stereocenters. The van der Waals surface area contributed by atoms with Crippen LogP contribution in [-0.2, 0) is 7.05 Å². The summed E-state index contributed by atoms with van der Waals surface area (Å²) in [5, 5.41) is 17.3. The summed E-state index contributed by atoms with van der Waals surface area (Å²) in [4.78, 5) is 28.5. The van der Waals surface area contributed by atoms with Gasteiger partial charge in [0, 0.05) is 19.2 Å². The standard InChI is InChI=1S/C18H24N4O3S/c1-10-15(18(24)25)26-17(20-10)11(2)19-16(23)13-9-22(3)21-14(13)12-7-5-4-6-8-12/h9,11-12H,4-8H2,1-3H3,(H,19,23)(H,24,25). The van der Waals surface area contributed by atoms with E-state index in [1.807, 2.05) is 14.0 Å². The molecule has 2 aromatic rings. The summed E-state index contributed by atoms with van der Waals surface area (Å²) in [5.74, 6) is -0.839. The van der Waals surface area contributed by atoms with Crippen molar-refractivity contribution in [2.75, 3.05) is 0 Å². The average Bonchev–Trinajstić information content (AvgIpc) is 3.19. The molecule has 140 valence electrons. The maximum atomic E-state index is 12.8. The van der Waals surface area contributed by atoms with E-state index in [0.717, 1.165) is 29.9 Å². The number of carbonyl (C=O) groups excluding carboxylic acids is 1. The molecule has 8 heteroatoms. The molecule has 0 spiro atoms. The fraction of sp³-hybridized carbons (Fsp3) is 0.556. The lowest BCUT2D eigenvalue weighted by Crippen LogP contribution is -2.27. The molecule has 7 nitrogen and oxygen atoms in total. The van der Waals surface area contributed by atoms with Crippen LogP contribution < -0.4 is 5.32 Å². The second-order valence-electron chi connectivity index (χ2n) is 6.90. The Kier molecular flexibility index (Phi) is 5.41. The summed E-state index contributed by atoms with van der Waals surface area (Å²) in [6, 6.07) is -0.362. The number of carboxylic acid groups (broad SMARTS) is 1. The van der Waals surface area contributed by atoms with E-state index in [1.165, 1.54) is 19.3 Å². The molecule has 0 radical (unpaired) electrons. The van der Waals surface area contributed by atoms with E-state index in [0.29, 0.717) is 22.2 Å². The van der Waals surface area contributed by atoms with Gasteiger partial charge in [0.25, 0.3) is 5.91 Å². The molecule has 1 unspecified atom stereocenters. The third kappa shape index (κ3) is 3.80. The summed E-state index contributed by atoms with van der Waals surface area (Å²) >= 11 is 1.10. The highest BCUT2D eigenvalue weighted by atomic mass is 32.1. The summed E-state index contributed by atoms with van der Waals surface area (Å²) in [7, 11) is 1.83. The molecule has 1 aliphatic carbocycles. The van der Waals surface area contributed by atoms with Gasteiger partial charge in [-0.2, -0.15) is 5.10 Å². The SMILES string of the molecule is Cc1nc(C(C)NC(=O)c2cn(C)nc2C2CCCCC2)sc1C(=O)O. The minimum absolute atomic E-state index is 0.184. The van der Waals surface area contributed by atoms with Crippen LogP contribution in [0.3, 0.4) is 0 Å². The maximum absolute atomic E-state index is 12.8. The molecule has 1 amide bonds. The number of carbonyl (C=O) groups is 2. The molecule has 0 saturated heterocycles. The Balaban J connectivity index is 1.77. The molecule has 0 bridgehead atoms. The van der Waals surface area contributed by atoms with E-state index < -0.39 is 5.97 Å². The topological polar surface area (TPSA) is 97.1 Å². The molecule has 3 rings (SSSR count). The van der Waals surface area contributed by atoms with Crippen molar-refractivity contribution in [1.29, 1.82) is 0 Å². The van der Waals surface area contributed by atoms with Gasteiger partial charge in [-0.05, 0) is 26.7 Å². The third-order valence-corrected chi connectivity index (χ3v) is 6.15. The largest absolute Gasteiger partial charge is 0.477 e. The van der Waals surface area contributed by atoms with Crippen molar-refractivity contribution < 1.29 is 14.7 Å². The van der Waals surface area contributed by atoms with Crippen molar-refractivity contribution in [3.05, 3.63) is 33.0 Å². The lowest BCUT2D eigenvalue weighted by Gasteiger charge is -2.21. The van der Waals surface area contributed by atoms with Gasteiger partial charge in [-0.25, -0.2) is 9.78 Å². The lowest BCUT2D eigenvalue weighted by atomic mass is 9.85. The van der Waals surface area contributed by atoms with Gasteiger partial charge in [0.15, 0.2) is 0 Å². The maximum Gasteiger partial charge on any atom is 0.347 e. The number of carboxylic acids is 1. The van der Waals surface area contributed by atoms with Crippen molar-refractivity contribution in [3.8, 4) is 0 Å². The molecule has 2 heterocycles. The highest BCUT2D eigenvalue weighted by Crippen LogP contribution is 2.33. The first-order chi connectivity index (χ1) is 12.4. The van der Waals surface area contributed by atoms with Gasteiger partial charge in [-0.1, -0.05) is 19.3 Å². The van der Waals surface area contributed by atoms with Crippen LogP contribution >= 0.6 is 11.3 Å². The second-order valence-corrected chi connectivity index (χ2v) is 7.93. The van der Waals surface area contributed by atoms with Crippen molar-refractivity contribution in [2.45, 2.75) is 57.9 Å². The predicted octanol–water partition coefficient (Wildman–Crippen LogP) is 3.42. The van der Waals surface area contributed by atoms with Gasteiger partial charge >= 0.3 is 5.97 Å². The van der Waals surface area contributed by atoms with E-state index in [-0.39, 0.29) is 16.8 Å². The summed E-state index contributed by atoms with van der Waals surface area (Å²) in [6.45, 7) is 3.48. The molecule has 2 aromatic heterocycles. The fourth-order valence-corrected chi connectivity index (χ4v) is 4.40. The number of aryl methyl sites for hydroxylation is 2. The average molecular weight is 376 g/mol. The van der Waals surface area contributed by atoms with E-state index >= 15 is 0 Å². The van der Waals surface area contributed by atoms with Crippen molar-refractivity contribution in [3.63, 3.8) is 0 Å². The second kappa shape index (κ2) is 7.57. The van der Waals surface area contributed by atoms with Gasteiger partial charge < -0.3 is 10.4 Å². The highest BCUT2D eigenvalue weighted by Gasteiger charge is 2.26. The molecule has 26 heavy (non-hydrogen) atoms. The van der Waals surface area contributed by atoms with Crippen LogP contribution in [-0.4, -0.2) is 31.7 Å². The smallest absolute Gasteiger partial charge is 0.347 e. The number of hydrogen-bond acceptors (Lipinski definition) is 5. The van der Waals surface area contributed by atoms with Crippen LogP contribution in [0.25, 0.3) is 0 Å². The number of amides is 1. The van der Waals surface area contributed by atoms with Crippen molar-refractivity contribution >= 4 is 23.2 Å². The first kappa shape index (κ1) is 18.6. The van der Waals surface area contributed by atoms with Gasteiger partial charge in [-0.15, -0.1) is 11.3 Å². The number of aromatic nitrogens is 3. The quantitative estimate of drug-likeness (QED) is 0.833. The van der Waals surface area contributed by atoms with Crippen LogP contribution in [0.5, 0.6) is 0 Å². The Bertz CT molecular complexity index is 821. The number of hydrogen-bond donors (Lipinski definition) is 2. The molecule has 1 aliphatic rings. The first-order valence-electron chi connectivity index (χ1n) is 8.91. The Morgan fingerprint density at radius 3 is 2.65 bits per heavy atom. The minimum Gasteiger partial charge on any atom is -0.477 e.